The minimum absolute atomic E-state index is 0.141. The molecule has 0 saturated heterocycles. The number of hydrogen-bond donors (Lipinski definition) is 3. The van der Waals surface area contributed by atoms with Crippen molar-refractivity contribution in [2.24, 2.45) is 10.7 Å². The van der Waals surface area contributed by atoms with Gasteiger partial charge in [-0.25, -0.2) is 9.98 Å². The first kappa shape index (κ1) is 18.0. The van der Waals surface area contributed by atoms with Crippen molar-refractivity contribution in [2.45, 2.75) is 39.8 Å². The van der Waals surface area contributed by atoms with E-state index in [0.29, 0.717) is 30.7 Å². The van der Waals surface area contributed by atoms with E-state index in [1.165, 1.54) is 0 Å². The van der Waals surface area contributed by atoms with Gasteiger partial charge in [0.2, 0.25) is 0 Å². The molecule has 0 atom stereocenters. The van der Waals surface area contributed by atoms with Gasteiger partial charge in [0.25, 0.3) is 5.91 Å². The Labute approximate surface area is 145 Å². The highest BCUT2D eigenvalue weighted by atomic mass is 32.1. The van der Waals surface area contributed by atoms with Crippen LogP contribution < -0.4 is 16.4 Å². The summed E-state index contributed by atoms with van der Waals surface area (Å²) in [7, 11) is 0. The smallest absolute Gasteiger partial charge is 0.284 e. The molecule has 0 spiro atoms. The van der Waals surface area contributed by atoms with Gasteiger partial charge in [0.05, 0.1) is 12.2 Å². The van der Waals surface area contributed by atoms with E-state index in [4.69, 9.17) is 10.2 Å². The maximum Gasteiger partial charge on any atom is 0.284 e. The summed E-state index contributed by atoms with van der Waals surface area (Å²) in [4.78, 5) is 20.1. The number of primary amides is 1. The van der Waals surface area contributed by atoms with E-state index in [0.717, 1.165) is 17.2 Å². The van der Waals surface area contributed by atoms with E-state index in [1.54, 1.807) is 23.5 Å². The number of aliphatic imine (C=N–C) groups is 1. The second-order valence-corrected chi connectivity index (χ2v) is 6.44. The van der Waals surface area contributed by atoms with E-state index in [2.05, 4.69) is 39.8 Å². The molecular formula is C16H23N5O2S. The molecule has 0 unspecified atom stereocenters. The van der Waals surface area contributed by atoms with Crippen molar-refractivity contribution in [1.29, 1.82) is 0 Å². The highest BCUT2D eigenvalue weighted by Gasteiger charge is 2.08. The number of thiazole rings is 1. The van der Waals surface area contributed by atoms with E-state index in [1.807, 2.05) is 6.92 Å². The number of rotatable bonds is 7. The average molecular weight is 349 g/mol. The summed E-state index contributed by atoms with van der Waals surface area (Å²) in [6.07, 6.45) is 0. The summed E-state index contributed by atoms with van der Waals surface area (Å²) >= 11 is 1.63. The number of guanidine groups is 1. The maximum atomic E-state index is 11.0. The molecule has 1 amide bonds. The third-order valence-electron chi connectivity index (χ3n) is 3.21. The van der Waals surface area contributed by atoms with Crippen LogP contribution in [-0.4, -0.2) is 23.4 Å². The van der Waals surface area contributed by atoms with Gasteiger partial charge in [-0.15, -0.1) is 11.3 Å². The zero-order valence-corrected chi connectivity index (χ0v) is 14.9. The fraction of sp³-hybridized carbons (Fsp3) is 0.438. The Hall–Kier alpha value is -2.35. The average Bonchev–Trinajstić information content (AvgIpc) is 3.19. The SMILES string of the molecule is CCNC(=NCc1ccc(C(N)=O)o1)NCc1nc(C(C)C)cs1. The Morgan fingerprint density at radius 2 is 2.21 bits per heavy atom. The van der Waals surface area contributed by atoms with E-state index in [9.17, 15) is 4.79 Å². The third-order valence-corrected chi connectivity index (χ3v) is 4.08. The van der Waals surface area contributed by atoms with Crippen LogP contribution in [0.25, 0.3) is 0 Å². The molecule has 7 nitrogen and oxygen atoms in total. The summed E-state index contributed by atoms with van der Waals surface area (Å²) in [5.74, 6) is 1.23. The Bertz CT molecular complexity index is 705. The summed E-state index contributed by atoms with van der Waals surface area (Å²) in [6, 6.07) is 3.25. The van der Waals surface area contributed by atoms with E-state index >= 15 is 0 Å². The normalized spacial score (nSPS) is 11.8. The van der Waals surface area contributed by atoms with Crippen molar-refractivity contribution in [1.82, 2.24) is 15.6 Å². The first-order valence-corrected chi connectivity index (χ1v) is 8.72. The lowest BCUT2D eigenvalue weighted by Gasteiger charge is -2.09. The lowest BCUT2D eigenvalue weighted by molar-refractivity contribution is 0.0972. The first-order valence-electron chi connectivity index (χ1n) is 7.84. The summed E-state index contributed by atoms with van der Waals surface area (Å²) in [5.41, 5.74) is 6.27. The van der Waals surface area contributed by atoms with Crippen molar-refractivity contribution >= 4 is 23.2 Å². The van der Waals surface area contributed by atoms with Crippen LogP contribution in [0.3, 0.4) is 0 Å². The van der Waals surface area contributed by atoms with Crippen molar-refractivity contribution < 1.29 is 9.21 Å². The van der Waals surface area contributed by atoms with E-state index < -0.39 is 5.91 Å². The minimum Gasteiger partial charge on any atom is -0.454 e. The molecule has 0 fully saturated rings. The number of nitrogens with two attached hydrogens (primary N) is 1. The number of amides is 1. The number of aromatic nitrogens is 1. The molecule has 0 saturated carbocycles. The molecule has 2 aromatic heterocycles. The number of nitrogens with zero attached hydrogens (tertiary/aromatic N) is 2. The Morgan fingerprint density at radius 1 is 1.42 bits per heavy atom. The fourth-order valence-electron chi connectivity index (χ4n) is 1.92. The topological polar surface area (TPSA) is 106 Å². The Morgan fingerprint density at radius 3 is 2.79 bits per heavy atom. The molecule has 0 aliphatic carbocycles. The second kappa shape index (κ2) is 8.49. The van der Waals surface area contributed by atoms with Crippen LogP contribution in [0.5, 0.6) is 0 Å². The molecule has 24 heavy (non-hydrogen) atoms. The van der Waals surface area contributed by atoms with Gasteiger partial charge < -0.3 is 20.8 Å². The number of nitrogens with one attached hydrogen (secondary N) is 2. The second-order valence-electron chi connectivity index (χ2n) is 5.50. The molecule has 0 aromatic carbocycles. The zero-order valence-electron chi connectivity index (χ0n) is 14.1. The van der Waals surface area contributed by atoms with Crippen LogP contribution in [0, 0.1) is 0 Å². The van der Waals surface area contributed by atoms with Crippen molar-refractivity contribution in [3.8, 4) is 0 Å². The third kappa shape index (κ3) is 5.09. The quantitative estimate of drug-likeness (QED) is 0.525. The van der Waals surface area contributed by atoms with Crippen molar-refractivity contribution in [3.63, 3.8) is 0 Å². The highest BCUT2D eigenvalue weighted by Crippen LogP contribution is 2.17. The van der Waals surface area contributed by atoms with Gasteiger partial charge in [-0.3, -0.25) is 4.79 Å². The molecular weight excluding hydrogens is 326 g/mol. The fourth-order valence-corrected chi connectivity index (χ4v) is 2.82. The monoisotopic (exact) mass is 349 g/mol. The van der Waals surface area contributed by atoms with Gasteiger partial charge in [-0.05, 0) is 25.0 Å². The Balaban J connectivity index is 1.95. The molecule has 8 heteroatoms. The number of hydrogen-bond acceptors (Lipinski definition) is 5. The van der Waals surface area contributed by atoms with Crippen LogP contribution >= 0.6 is 11.3 Å². The van der Waals surface area contributed by atoms with Gasteiger partial charge in [-0.1, -0.05) is 13.8 Å². The molecule has 0 aliphatic rings. The Kier molecular flexibility index (Phi) is 6.36. The van der Waals surface area contributed by atoms with Crippen LogP contribution in [0.1, 0.15) is 53.7 Å². The van der Waals surface area contributed by atoms with Gasteiger partial charge in [0, 0.05) is 11.9 Å². The van der Waals surface area contributed by atoms with Gasteiger partial charge >= 0.3 is 0 Å². The highest BCUT2D eigenvalue weighted by molar-refractivity contribution is 7.09. The van der Waals surface area contributed by atoms with Crippen LogP contribution in [0.2, 0.25) is 0 Å². The standard InChI is InChI=1S/C16H23N5O2S/c1-4-18-16(19-7-11-5-6-13(23-11)15(17)22)20-8-14-21-12(9-24-14)10(2)3/h5-6,9-10H,4,7-8H2,1-3H3,(H2,17,22)(H2,18,19,20). The molecule has 4 N–H and O–H groups in total. The largest absolute Gasteiger partial charge is 0.454 e. The predicted octanol–water partition coefficient (Wildman–Crippen LogP) is 2.21. The molecule has 0 radical (unpaired) electrons. The summed E-state index contributed by atoms with van der Waals surface area (Å²) < 4.78 is 5.32. The molecule has 2 rings (SSSR count). The summed E-state index contributed by atoms with van der Waals surface area (Å²) in [6.45, 7) is 7.91. The number of furan rings is 1. The summed E-state index contributed by atoms with van der Waals surface area (Å²) in [5, 5.41) is 9.50. The minimum atomic E-state index is -0.583. The lowest BCUT2D eigenvalue weighted by Crippen LogP contribution is -2.36. The zero-order chi connectivity index (χ0) is 17.5. The number of carbonyl (C=O) groups is 1. The molecule has 130 valence electrons. The van der Waals surface area contributed by atoms with Gasteiger partial charge in [0.15, 0.2) is 11.7 Å². The molecule has 0 bridgehead atoms. The van der Waals surface area contributed by atoms with Crippen LogP contribution in [0.15, 0.2) is 26.9 Å². The number of carbonyl (C=O) groups excluding carboxylic acids is 1. The maximum absolute atomic E-state index is 11.0. The van der Waals surface area contributed by atoms with Crippen molar-refractivity contribution in [2.75, 3.05) is 6.54 Å². The first-order chi connectivity index (χ1) is 11.5. The van der Waals surface area contributed by atoms with Crippen molar-refractivity contribution in [3.05, 3.63) is 39.7 Å². The van der Waals surface area contributed by atoms with Crippen LogP contribution in [0.4, 0.5) is 0 Å². The van der Waals surface area contributed by atoms with Gasteiger partial charge in [-0.2, -0.15) is 0 Å². The van der Waals surface area contributed by atoms with Gasteiger partial charge in [0.1, 0.15) is 17.3 Å². The predicted molar refractivity (Wildman–Crippen MR) is 95.1 cm³/mol. The van der Waals surface area contributed by atoms with E-state index in [-0.39, 0.29) is 5.76 Å². The molecule has 2 heterocycles. The molecule has 2 aromatic rings. The van der Waals surface area contributed by atoms with Crippen LogP contribution in [-0.2, 0) is 13.1 Å². The molecule has 0 aliphatic heterocycles. The lowest BCUT2D eigenvalue weighted by atomic mass is 10.2.